The first-order valence-corrected chi connectivity index (χ1v) is 8.82. The molecule has 0 aromatic heterocycles. The van der Waals surface area contributed by atoms with Gasteiger partial charge in [-0.15, -0.1) is 0 Å². The maximum absolute atomic E-state index is 12.7. The number of rotatable bonds is 6. The lowest BCUT2D eigenvalue weighted by atomic mass is 10.1. The molecule has 28 heavy (non-hydrogen) atoms. The molecule has 5 heteroatoms. The van der Waals surface area contributed by atoms with Crippen LogP contribution in [0.4, 0.5) is 0 Å². The smallest absolute Gasteiger partial charge is 0.337 e. The molecular formula is C23H21NO4. The standard InChI is InChI=1S/C23H21NO4/c1-24(16-17-8-10-19(11-9-17)23(26)27-2)22(25)18-12-14-21(15-13-18)28-20-6-4-3-5-7-20/h3-15H,16H2,1-2H3. The average Bonchev–Trinajstić information content (AvgIpc) is 2.74. The minimum Gasteiger partial charge on any atom is -0.465 e. The number of methoxy groups -OCH3 is 1. The van der Waals surface area contributed by atoms with E-state index in [-0.39, 0.29) is 11.9 Å². The van der Waals surface area contributed by atoms with E-state index < -0.39 is 0 Å². The number of ether oxygens (including phenoxy) is 2. The van der Waals surface area contributed by atoms with Crippen LogP contribution >= 0.6 is 0 Å². The third-order valence-electron chi connectivity index (χ3n) is 4.22. The number of benzene rings is 3. The average molecular weight is 375 g/mol. The summed E-state index contributed by atoms with van der Waals surface area (Å²) in [7, 11) is 3.09. The van der Waals surface area contributed by atoms with Crippen molar-refractivity contribution in [1.82, 2.24) is 4.90 Å². The predicted octanol–water partition coefficient (Wildman–Crippen LogP) is 4.54. The Bertz CT molecular complexity index is 935. The SMILES string of the molecule is COC(=O)c1ccc(CN(C)C(=O)c2ccc(Oc3ccccc3)cc2)cc1. The summed E-state index contributed by atoms with van der Waals surface area (Å²) >= 11 is 0. The van der Waals surface area contributed by atoms with Gasteiger partial charge in [0.2, 0.25) is 0 Å². The summed E-state index contributed by atoms with van der Waals surface area (Å²) in [4.78, 5) is 25.8. The van der Waals surface area contributed by atoms with Crippen molar-refractivity contribution in [3.05, 3.63) is 95.6 Å². The molecule has 0 heterocycles. The molecule has 3 aromatic rings. The molecule has 0 saturated heterocycles. The molecule has 3 rings (SSSR count). The van der Waals surface area contributed by atoms with Crippen LogP contribution in [-0.2, 0) is 11.3 Å². The third-order valence-corrected chi connectivity index (χ3v) is 4.22. The lowest BCUT2D eigenvalue weighted by molar-refractivity contribution is 0.0600. The van der Waals surface area contributed by atoms with Crippen LogP contribution in [0, 0.1) is 0 Å². The van der Waals surface area contributed by atoms with Gasteiger partial charge in [0.25, 0.3) is 5.91 Å². The summed E-state index contributed by atoms with van der Waals surface area (Å²) in [6, 6.07) is 23.5. The molecule has 0 atom stereocenters. The number of carbonyl (C=O) groups excluding carboxylic acids is 2. The minimum absolute atomic E-state index is 0.0942. The molecule has 0 unspecified atom stereocenters. The van der Waals surface area contributed by atoms with Crippen molar-refractivity contribution in [2.24, 2.45) is 0 Å². The molecule has 0 spiro atoms. The van der Waals surface area contributed by atoms with E-state index in [1.165, 1.54) is 7.11 Å². The van der Waals surface area contributed by atoms with Crippen molar-refractivity contribution < 1.29 is 19.1 Å². The highest BCUT2D eigenvalue weighted by Crippen LogP contribution is 2.21. The molecule has 3 aromatic carbocycles. The third kappa shape index (κ3) is 4.76. The Kier molecular flexibility index (Phi) is 6.07. The number of esters is 1. The number of hydrogen-bond donors (Lipinski definition) is 0. The molecular weight excluding hydrogens is 354 g/mol. The van der Waals surface area contributed by atoms with Crippen molar-refractivity contribution in [3.63, 3.8) is 0 Å². The van der Waals surface area contributed by atoms with E-state index in [9.17, 15) is 9.59 Å². The molecule has 0 N–H and O–H groups in total. The largest absolute Gasteiger partial charge is 0.465 e. The van der Waals surface area contributed by atoms with Crippen molar-refractivity contribution in [2.75, 3.05) is 14.2 Å². The van der Waals surface area contributed by atoms with Crippen LogP contribution in [0.2, 0.25) is 0 Å². The summed E-state index contributed by atoms with van der Waals surface area (Å²) in [6.07, 6.45) is 0. The highest BCUT2D eigenvalue weighted by Gasteiger charge is 2.13. The van der Waals surface area contributed by atoms with Gasteiger partial charge in [-0.2, -0.15) is 0 Å². The maximum Gasteiger partial charge on any atom is 0.337 e. The summed E-state index contributed by atoms with van der Waals surface area (Å²) < 4.78 is 10.4. The normalized spacial score (nSPS) is 10.2. The van der Waals surface area contributed by atoms with Gasteiger partial charge >= 0.3 is 5.97 Å². The number of hydrogen-bond acceptors (Lipinski definition) is 4. The van der Waals surface area contributed by atoms with E-state index in [4.69, 9.17) is 4.74 Å². The second kappa shape index (κ2) is 8.86. The molecule has 0 aliphatic rings. The van der Waals surface area contributed by atoms with E-state index in [1.807, 2.05) is 42.5 Å². The molecule has 0 aliphatic carbocycles. The Labute approximate surface area is 164 Å². The van der Waals surface area contributed by atoms with Crippen LogP contribution in [0.1, 0.15) is 26.3 Å². The first-order valence-electron chi connectivity index (χ1n) is 8.82. The van der Waals surface area contributed by atoms with Gasteiger partial charge in [-0.3, -0.25) is 4.79 Å². The summed E-state index contributed by atoms with van der Waals surface area (Å²) in [5, 5.41) is 0. The zero-order chi connectivity index (χ0) is 19.9. The second-order valence-electron chi connectivity index (χ2n) is 6.29. The van der Waals surface area contributed by atoms with Crippen LogP contribution in [0.3, 0.4) is 0 Å². The highest BCUT2D eigenvalue weighted by atomic mass is 16.5. The molecule has 0 saturated carbocycles. The van der Waals surface area contributed by atoms with Gasteiger partial charge in [0, 0.05) is 19.2 Å². The van der Waals surface area contributed by atoms with Crippen molar-refractivity contribution in [1.29, 1.82) is 0 Å². The van der Waals surface area contributed by atoms with E-state index >= 15 is 0 Å². The number of amides is 1. The molecule has 0 aliphatic heterocycles. The van der Waals surface area contributed by atoms with Crippen molar-refractivity contribution >= 4 is 11.9 Å². The second-order valence-corrected chi connectivity index (χ2v) is 6.29. The van der Waals surface area contributed by atoms with Gasteiger partial charge in [0.1, 0.15) is 11.5 Å². The molecule has 0 fully saturated rings. The van der Waals surface area contributed by atoms with Crippen LogP contribution in [0.15, 0.2) is 78.9 Å². The lowest BCUT2D eigenvalue weighted by Crippen LogP contribution is -2.26. The fourth-order valence-corrected chi connectivity index (χ4v) is 2.72. The Morgan fingerprint density at radius 3 is 1.96 bits per heavy atom. The zero-order valence-corrected chi connectivity index (χ0v) is 15.8. The van der Waals surface area contributed by atoms with E-state index in [1.54, 1.807) is 48.3 Å². The van der Waals surface area contributed by atoms with E-state index in [0.29, 0.717) is 23.4 Å². The molecule has 0 radical (unpaired) electrons. The molecule has 142 valence electrons. The van der Waals surface area contributed by atoms with E-state index in [2.05, 4.69) is 4.74 Å². The van der Waals surface area contributed by atoms with Gasteiger partial charge in [0.15, 0.2) is 0 Å². The zero-order valence-electron chi connectivity index (χ0n) is 15.8. The summed E-state index contributed by atoms with van der Waals surface area (Å²) in [5.41, 5.74) is 1.98. The van der Waals surface area contributed by atoms with Crippen LogP contribution < -0.4 is 4.74 Å². The molecule has 0 bridgehead atoms. The number of nitrogens with zero attached hydrogens (tertiary/aromatic N) is 1. The maximum atomic E-state index is 12.7. The molecule has 1 amide bonds. The van der Waals surface area contributed by atoms with Gasteiger partial charge in [0.05, 0.1) is 12.7 Å². The fourth-order valence-electron chi connectivity index (χ4n) is 2.72. The number of carbonyl (C=O) groups is 2. The van der Waals surface area contributed by atoms with Gasteiger partial charge in [-0.25, -0.2) is 4.79 Å². The fraction of sp³-hybridized carbons (Fsp3) is 0.130. The predicted molar refractivity (Wildman–Crippen MR) is 107 cm³/mol. The van der Waals surface area contributed by atoms with Crippen LogP contribution in [0.25, 0.3) is 0 Å². The van der Waals surface area contributed by atoms with Gasteiger partial charge in [-0.05, 0) is 54.1 Å². The minimum atomic E-state index is -0.381. The summed E-state index contributed by atoms with van der Waals surface area (Å²) in [6.45, 7) is 0.433. The van der Waals surface area contributed by atoms with Gasteiger partial charge < -0.3 is 14.4 Å². The number of para-hydroxylation sites is 1. The Hall–Kier alpha value is -3.60. The lowest BCUT2D eigenvalue weighted by Gasteiger charge is -2.18. The topological polar surface area (TPSA) is 55.8 Å². The van der Waals surface area contributed by atoms with Crippen molar-refractivity contribution in [3.8, 4) is 11.5 Å². The quantitative estimate of drug-likeness (QED) is 0.594. The Balaban J connectivity index is 1.62. The highest BCUT2D eigenvalue weighted by molar-refractivity contribution is 5.94. The Morgan fingerprint density at radius 1 is 0.786 bits per heavy atom. The van der Waals surface area contributed by atoms with Crippen LogP contribution in [-0.4, -0.2) is 30.9 Å². The van der Waals surface area contributed by atoms with E-state index in [0.717, 1.165) is 11.3 Å². The van der Waals surface area contributed by atoms with Gasteiger partial charge in [-0.1, -0.05) is 30.3 Å². The monoisotopic (exact) mass is 375 g/mol. The first kappa shape index (κ1) is 19.2. The van der Waals surface area contributed by atoms with Crippen molar-refractivity contribution in [2.45, 2.75) is 6.54 Å². The molecule has 5 nitrogen and oxygen atoms in total. The van der Waals surface area contributed by atoms with Crippen LogP contribution in [0.5, 0.6) is 11.5 Å². The Morgan fingerprint density at radius 2 is 1.36 bits per heavy atom. The first-order chi connectivity index (χ1) is 13.6. The summed E-state index contributed by atoms with van der Waals surface area (Å²) in [5.74, 6) is 0.940.